The topological polar surface area (TPSA) is 31.4 Å². The van der Waals surface area contributed by atoms with E-state index in [0.717, 1.165) is 30.5 Å². The van der Waals surface area contributed by atoms with Crippen LogP contribution in [0.3, 0.4) is 0 Å². The van der Waals surface area contributed by atoms with Gasteiger partial charge in [0.2, 0.25) is 0 Å². The first-order valence-corrected chi connectivity index (χ1v) is 7.74. The first kappa shape index (κ1) is 15.3. The van der Waals surface area contributed by atoms with Crippen molar-refractivity contribution in [1.29, 1.82) is 0 Å². The second kappa shape index (κ2) is 7.60. The Balaban J connectivity index is 1.81. The van der Waals surface area contributed by atoms with Crippen molar-refractivity contribution in [2.45, 2.75) is 26.3 Å². The third-order valence-corrected chi connectivity index (χ3v) is 4.00. The molecule has 1 aromatic heterocycles. The number of hydrogen-bond donors (Lipinski definition) is 1. The first-order valence-electron chi connectivity index (χ1n) is 7.74. The van der Waals surface area contributed by atoms with Crippen LogP contribution in [0.25, 0.3) is 0 Å². The second-order valence-electron chi connectivity index (χ2n) is 5.99. The molecule has 4 heteroatoms. The summed E-state index contributed by atoms with van der Waals surface area (Å²) in [5.74, 6) is 1.82. The smallest absolute Gasteiger partial charge is 0.126 e. The van der Waals surface area contributed by atoms with E-state index in [1.165, 1.54) is 32.5 Å². The van der Waals surface area contributed by atoms with E-state index in [2.05, 4.69) is 53.3 Å². The second-order valence-corrected chi connectivity index (χ2v) is 5.99. The van der Waals surface area contributed by atoms with Gasteiger partial charge in [0.05, 0.1) is 5.69 Å². The maximum absolute atomic E-state index is 4.65. The summed E-state index contributed by atoms with van der Waals surface area (Å²) in [6.45, 7) is 7.62. The van der Waals surface area contributed by atoms with E-state index < -0.39 is 0 Å². The number of anilines is 1. The molecule has 20 heavy (non-hydrogen) atoms. The zero-order valence-electron chi connectivity index (χ0n) is 13.1. The monoisotopic (exact) mass is 276 g/mol. The summed E-state index contributed by atoms with van der Waals surface area (Å²) in [7, 11) is 4.43. The minimum Gasteiger partial charge on any atom is -0.370 e. The number of nitrogens with zero attached hydrogens (tertiary/aromatic N) is 3. The molecule has 1 saturated heterocycles. The van der Waals surface area contributed by atoms with Gasteiger partial charge in [0, 0.05) is 19.6 Å². The number of likely N-dealkylation sites (tertiary alicyclic amines) is 1. The molecule has 2 heterocycles. The van der Waals surface area contributed by atoms with Gasteiger partial charge in [-0.15, -0.1) is 0 Å². The molecule has 1 aromatic rings. The lowest BCUT2D eigenvalue weighted by Gasteiger charge is -2.31. The Kier molecular flexibility index (Phi) is 5.80. The van der Waals surface area contributed by atoms with Gasteiger partial charge in [0.25, 0.3) is 0 Å². The molecule has 0 aromatic carbocycles. The molecule has 1 fully saturated rings. The van der Waals surface area contributed by atoms with E-state index in [1.54, 1.807) is 0 Å². The molecule has 0 atom stereocenters. The molecular weight excluding hydrogens is 248 g/mol. The maximum Gasteiger partial charge on any atom is 0.126 e. The lowest BCUT2D eigenvalue weighted by molar-refractivity contribution is 0.172. The highest BCUT2D eigenvalue weighted by Gasteiger charge is 2.18. The normalized spacial score (nSPS) is 17.6. The summed E-state index contributed by atoms with van der Waals surface area (Å²) in [6, 6.07) is 6.24. The molecule has 0 unspecified atom stereocenters. The van der Waals surface area contributed by atoms with E-state index in [1.807, 2.05) is 6.07 Å². The van der Waals surface area contributed by atoms with Crippen LogP contribution in [0.4, 0.5) is 5.82 Å². The van der Waals surface area contributed by atoms with Crippen molar-refractivity contribution >= 4 is 5.82 Å². The standard InChI is InChI=1S/C16H28N4/c1-4-17-16-7-5-6-15(18-16)13-20(3)12-14-8-10-19(2)11-9-14/h5-7,14H,4,8-13H2,1-3H3,(H,17,18). The zero-order chi connectivity index (χ0) is 14.4. The van der Waals surface area contributed by atoms with Gasteiger partial charge >= 0.3 is 0 Å². The molecule has 1 aliphatic rings. The van der Waals surface area contributed by atoms with Crippen LogP contribution in [0.15, 0.2) is 18.2 Å². The molecule has 0 aliphatic carbocycles. The summed E-state index contributed by atoms with van der Waals surface area (Å²) in [4.78, 5) is 9.49. The van der Waals surface area contributed by atoms with E-state index in [-0.39, 0.29) is 0 Å². The Labute approximate surface area is 123 Å². The molecule has 1 aliphatic heterocycles. The predicted octanol–water partition coefficient (Wildman–Crippen LogP) is 2.29. The largest absolute Gasteiger partial charge is 0.370 e. The number of pyridine rings is 1. The summed E-state index contributed by atoms with van der Waals surface area (Å²) in [6.07, 6.45) is 2.65. The van der Waals surface area contributed by atoms with Gasteiger partial charge in [-0.3, -0.25) is 0 Å². The summed E-state index contributed by atoms with van der Waals surface area (Å²) < 4.78 is 0. The number of aromatic nitrogens is 1. The minimum atomic E-state index is 0.841. The van der Waals surface area contributed by atoms with E-state index in [9.17, 15) is 0 Å². The Morgan fingerprint density at radius 3 is 2.80 bits per heavy atom. The molecular formula is C16H28N4. The molecule has 0 amide bonds. The Morgan fingerprint density at radius 1 is 1.35 bits per heavy atom. The third-order valence-electron chi connectivity index (χ3n) is 4.00. The Bertz CT molecular complexity index is 399. The fourth-order valence-electron chi connectivity index (χ4n) is 2.87. The maximum atomic E-state index is 4.65. The summed E-state index contributed by atoms with van der Waals surface area (Å²) in [5.41, 5.74) is 1.15. The third kappa shape index (κ3) is 4.76. The van der Waals surface area contributed by atoms with Gasteiger partial charge in [-0.05, 0) is 65.0 Å². The highest BCUT2D eigenvalue weighted by atomic mass is 15.1. The van der Waals surface area contributed by atoms with Crippen LogP contribution in [-0.4, -0.2) is 55.1 Å². The van der Waals surface area contributed by atoms with Crippen LogP contribution >= 0.6 is 0 Å². The minimum absolute atomic E-state index is 0.841. The predicted molar refractivity (Wildman–Crippen MR) is 85.0 cm³/mol. The van der Waals surface area contributed by atoms with Crippen molar-refractivity contribution in [3.63, 3.8) is 0 Å². The molecule has 0 spiro atoms. The van der Waals surface area contributed by atoms with Gasteiger partial charge in [0.1, 0.15) is 5.82 Å². The fraction of sp³-hybridized carbons (Fsp3) is 0.688. The van der Waals surface area contributed by atoms with E-state index in [4.69, 9.17) is 0 Å². The number of hydrogen-bond acceptors (Lipinski definition) is 4. The van der Waals surface area contributed by atoms with Crippen molar-refractivity contribution in [1.82, 2.24) is 14.8 Å². The van der Waals surface area contributed by atoms with Crippen molar-refractivity contribution in [3.05, 3.63) is 23.9 Å². The Hall–Kier alpha value is -1.13. The van der Waals surface area contributed by atoms with Crippen LogP contribution < -0.4 is 5.32 Å². The Morgan fingerprint density at radius 2 is 2.10 bits per heavy atom. The average Bonchev–Trinajstić information content (AvgIpc) is 2.42. The average molecular weight is 276 g/mol. The lowest BCUT2D eigenvalue weighted by Crippen LogP contribution is -2.35. The zero-order valence-corrected chi connectivity index (χ0v) is 13.1. The molecule has 112 valence electrons. The van der Waals surface area contributed by atoms with Crippen molar-refractivity contribution < 1.29 is 0 Å². The summed E-state index contributed by atoms with van der Waals surface area (Å²) in [5, 5.41) is 3.27. The SMILES string of the molecule is CCNc1cccc(CN(C)CC2CCN(C)CC2)n1. The molecule has 0 saturated carbocycles. The van der Waals surface area contributed by atoms with Crippen molar-refractivity contribution in [3.8, 4) is 0 Å². The van der Waals surface area contributed by atoms with E-state index in [0.29, 0.717) is 0 Å². The van der Waals surface area contributed by atoms with Gasteiger partial charge in [0.15, 0.2) is 0 Å². The molecule has 0 bridgehead atoms. The molecule has 1 N–H and O–H groups in total. The first-order chi connectivity index (χ1) is 9.67. The highest BCUT2D eigenvalue weighted by Crippen LogP contribution is 2.17. The molecule has 0 radical (unpaired) electrons. The van der Waals surface area contributed by atoms with Crippen LogP contribution in [-0.2, 0) is 6.54 Å². The van der Waals surface area contributed by atoms with E-state index >= 15 is 0 Å². The van der Waals surface area contributed by atoms with Gasteiger partial charge in [-0.25, -0.2) is 4.98 Å². The van der Waals surface area contributed by atoms with Gasteiger partial charge in [-0.2, -0.15) is 0 Å². The highest BCUT2D eigenvalue weighted by molar-refractivity contribution is 5.34. The quantitative estimate of drug-likeness (QED) is 0.864. The summed E-state index contributed by atoms with van der Waals surface area (Å²) >= 11 is 0. The fourth-order valence-corrected chi connectivity index (χ4v) is 2.87. The molecule has 2 rings (SSSR count). The van der Waals surface area contributed by atoms with Gasteiger partial charge in [-0.1, -0.05) is 6.07 Å². The molecule has 4 nitrogen and oxygen atoms in total. The van der Waals surface area contributed by atoms with Crippen molar-refractivity contribution in [2.75, 3.05) is 45.6 Å². The number of nitrogens with one attached hydrogen (secondary N) is 1. The lowest BCUT2D eigenvalue weighted by atomic mass is 9.96. The van der Waals surface area contributed by atoms with Crippen LogP contribution in [0.1, 0.15) is 25.5 Å². The van der Waals surface area contributed by atoms with Crippen molar-refractivity contribution in [2.24, 2.45) is 5.92 Å². The van der Waals surface area contributed by atoms with Crippen LogP contribution in [0, 0.1) is 5.92 Å². The number of rotatable bonds is 6. The van der Waals surface area contributed by atoms with Crippen LogP contribution in [0.5, 0.6) is 0 Å². The number of piperidine rings is 1. The van der Waals surface area contributed by atoms with Crippen LogP contribution in [0.2, 0.25) is 0 Å². The van der Waals surface area contributed by atoms with Gasteiger partial charge < -0.3 is 15.1 Å².